The Morgan fingerprint density at radius 3 is 2.92 bits per heavy atom. The molecule has 2 aromatic rings. The van der Waals surface area contributed by atoms with E-state index >= 15 is 0 Å². The first-order valence-electron chi connectivity index (χ1n) is 7.62. The van der Waals surface area contributed by atoms with Crippen LogP contribution in [-0.2, 0) is 4.79 Å². The third-order valence-corrected chi connectivity index (χ3v) is 4.83. The van der Waals surface area contributed by atoms with Gasteiger partial charge in [-0.15, -0.1) is 0 Å². The smallest absolute Gasteiger partial charge is 0.231 e. The topological polar surface area (TPSA) is 57.8 Å². The van der Waals surface area contributed by atoms with Crippen molar-refractivity contribution in [3.05, 3.63) is 60.6 Å². The molecule has 1 aliphatic heterocycles. The number of fused-ring (bicyclic) bond motifs is 1. The minimum Gasteiger partial charge on any atom is -0.467 e. The van der Waals surface area contributed by atoms with Crippen molar-refractivity contribution in [2.24, 2.45) is 4.99 Å². The van der Waals surface area contributed by atoms with Gasteiger partial charge >= 0.3 is 0 Å². The zero-order valence-electron chi connectivity index (χ0n) is 13.7. The van der Waals surface area contributed by atoms with Crippen molar-refractivity contribution in [1.82, 2.24) is 10.2 Å². The van der Waals surface area contributed by atoms with Gasteiger partial charge in [0.2, 0.25) is 5.91 Å². The number of rotatable bonds is 4. The molecule has 0 aliphatic carbocycles. The summed E-state index contributed by atoms with van der Waals surface area (Å²) in [5, 5.41) is 3.68. The fraction of sp³-hybridized carbons (Fsp3) is 0.222. The molecule has 0 saturated carbocycles. The second kappa shape index (κ2) is 6.97. The molecule has 1 aliphatic rings. The van der Waals surface area contributed by atoms with Gasteiger partial charge in [0, 0.05) is 18.3 Å². The Labute approximate surface area is 145 Å². The number of aliphatic imine (C=N–C) groups is 1. The Kier molecular flexibility index (Phi) is 4.76. The van der Waals surface area contributed by atoms with Gasteiger partial charge in [-0.25, -0.2) is 4.99 Å². The maximum absolute atomic E-state index is 12.2. The van der Waals surface area contributed by atoms with Gasteiger partial charge in [0.15, 0.2) is 5.17 Å². The summed E-state index contributed by atoms with van der Waals surface area (Å²) in [5.41, 5.74) is 2.78. The number of hydrogen-bond donors (Lipinski definition) is 1. The number of carbonyl (C=O) groups is 1. The van der Waals surface area contributed by atoms with Crippen molar-refractivity contribution in [3.63, 3.8) is 0 Å². The summed E-state index contributed by atoms with van der Waals surface area (Å²) in [5.74, 6) is 0.955. The second-order valence-electron chi connectivity index (χ2n) is 5.51. The van der Waals surface area contributed by atoms with Gasteiger partial charge < -0.3 is 14.6 Å². The lowest BCUT2D eigenvalue weighted by Crippen LogP contribution is -2.31. The van der Waals surface area contributed by atoms with E-state index in [0.29, 0.717) is 0 Å². The van der Waals surface area contributed by atoms with Crippen LogP contribution in [0.2, 0.25) is 0 Å². The number of para-hydroxylation sites is 1. The SMILES string of the molecule is C=C1c2ccccc2N=C(SCC(=O)N[C@H](C)c2ccco2)N1C. The largest absolute Gasteiger partial charge is 0.467 e. The maximum Gasteiger partial charge on any atom is 0.231 e. The summed E-state index contributed by atoms with van der Waals surface area (Å²) in [6.07, 6.45) is 1.60. The molecule has 0 saturated heterocycles. The van der Waals surface area contributed by atoms with Gasteiger partial charge in [0.25, 0.3) is 0 Å². The van der Waals surface area contributed by atoms with E-state index in [1.54, 1.807) is 6.26 Å². The van der Waals surface area contributed by atoms with Gasteiger partial charge in [0.05, 0.1) is 23.7 Å². The Morgan fingerprint density at radius 1 is 1.38 bits per heavy atom. The molecule has 1 atom stereocenters. The summed E-state index contributed by atoms with van der Waals surface area (Å²) in [6.45, 7) is 6.01. The van der Waals surface area contributed by atoms with Gasteiger partial charge in [-0.05, 0) is 25.1 Å². The number of nitrogens with zero attached hydrogens (tertiary/aromatic N) is 2. The van der Waals surface area contributed by atoms with E-state index in [1.165, 1.54) is 11.8 Å². The van der Waals surface area contributed by atoms with Crippen LogP contribution in [0.15, 0.2) is 58.6 Å². The van der Waals surface area contributed by atoms with E-state index in [0.717, 1.165) is 27.9 Å². The van der Waals surface area contributed by atoms with E-state index in [1.807, 2.05) is 55.3 Å². The van der Waals surface area contributed by atoms with Gasteiger partial charge in [0.1, 0.15) is 5.76 Å². The molecule has 1 aromatic heterocycles. The summed E-state index contributed by atoms with van der Waals surface area (Å²) < 4.78 is 5.30. The summed E-state index contributed by atoms with van der Waals surface area (Å²) in [4.78, 5) is 18.7. The highest BCUT2D eigenvalue weighted by Gasteiger charge is 2.21. The number of amidine groups is 1. The highest BCUT2D eigenvalue weighted by Crippen LogP contribution is 2.34. The summed E-state index contributed by atoms with van der Waals surface area (Å²) in [6, 6.07) is 11.4. The summed E-state index contributed by atoms with van der Waals surface area (Å²) >= 11 is 1.39. The average molecular weight is 341 g/mol. The maximum atomic E-state index is 12.2. The predicted octanol–water partition coefficient (Wildman–Crippen LogP) is 3.79. The molecule has 3 rings (SSSR count). The van der Waals surface area contributed by atoms with E-state index in [9.17, 15) is 4.79 Å². The van der Waals surface area contributed by atoms with Crippen LogP contribution in [0, 0.1) is 0 Å². The lowest BCUT2D eigenvalue weighted by atomic mass is 10.1. The molecule has 6 heteroatoms. The van der Waals surface area contributed by atoms with Gasteiger partial charge in [-0.3, -0.25) is 4.79 Å². The van der Waals surface area contributed by atoms with Crippen LogP contribution < -0.4 is 5.32 Å². The summed E-state index contributed by atoms with van der Waals surface area (Å²) in [7, 11) is 1.91. The Bertz CT molecular complexity index is 783. The van der Waals surface area contributed by atoms with Crippen LogP contribution in [-0.4, -0.2) is 28.8 Å². The van der Waals surface area contributed by atoms with Crippen LogP contribution in [0.25, 0.3) is 5.70 Å². The monoisotopic (exact) mass is 341 g/mol. The fourth-order valence-electron chi connectivity index (χ4n) is 2.44. The molecule has 1 aromatic carbocycles. The van der Waals surface area contributed by atoms with E-state index in [4.69, 9.17) is 4.42 Å². The van der Waals surface area contributed by atoms with Crippen molar-refractivity contribution >= 4 is 34.2 Å². The average Bonchev–Trinajstić information content (AvgIpc) is 3.11. The molecule has 0 radical (unpaired) electrons. The molecule has 0 unspecified atom stereocenters. The van der Waals surface area contributed by atoms with E-state index < -0.39 is 0 Å². The number of thioether (sulfide) groups is 1. The lowest BCUT2D eigenvalue weighted by molar-refractivity contribution is -0.119. The zero-order valence-corrected chi connectivity index (χ0v) is 14.5. The Hall–Kier alpha value is -2.47. The number of nitrogens with one attached hydrogen (secondary N) is 1. The van der Waals surface area contributed by atoms with Gasteiger partial charge in [-0.2, -0.15) is 0 Å². The number of carbonyl (C=O) groups excluding carboxylic acids is 1. The van der Waals surface area contributed by atoms with E-state index in [-0.39, 0.29) is 17.7 Å². The molecule has 5 nitrogen and oxygen atoms in total. The normalized spacial score (nSPS) is 14.8. The number of amides is 1. The van der Waals surface area contributed by atoms with Crippen LogP contribution in [0.1, 0.15) is 24.3 Å². The molecule has 2 heterocycles. The highest BCUT2D eigenvalue weighted by molar-refractivity contribution is 8.14. The molecule has 0 fully saturated rings. The third-order valence-electron chi connectivity index (χ3n) is 3.80. The molecule has 1 amide bonds. The highest BCUT2D eigenvalue weighted by atomic mass is 32.2. The standard InChI is InChI=1S/C18H19N3O2S/c1-12(16-9-6-10-23-16)19-17(22)11-24-18-20-15-8-5-4-7-14(15)13(2)21(18)3/h4-10,12H,2,11H2,1,3H3,(H,19,22)/t12-/m1/s1. The molecule has 0 spiro atoms. The number of furan rings is 1. The predicted molar refractivity (Wildman–Crippen MR) is 98.1 cm³/mol. The van der Waals surface area contributed by atoms with Crippen molar-refractivity contribution in [2.75, 3.05) is 12.8 Å². The van der Waals surface area contributed by atoms with Crippen LogP contribution in [0.3, 0.4) is 0 Å². The minimum absolute atomic E-state index is 0.0653. The third kappa shape index (κ3) is 3.38. The quantitative estimate of drug-likeness (QED) is 0.919. The Morgan fingerprint density at radius 2 is 2.17 bits per heavy atom. The van der Waals surface area contributed by atoms with Crippen LogP contribution in [0.4, 0.5) is 5.69 Å². The lowest BCUT2D eigenvalue weighted by Gasteiger charge is -2.28. The minimum atomic E-state index is -0.158. The molecular weight excluding hydrogens is 322 g/mol. The molecule has 124 valence electrons. The molecule has 24 heavy (non-hydrogen) atoms. The first-order valence-corrected chi connectivity index (χ1v) is 8.61. The zero-order chi connectivity index (χ0) is 17.1. The molecule has 1 N–H and O–H groups in total. The number of benzene rings is 1. The second-order valence-corrected chi connectivity index (χ2v) is 6.45. The first kappa shape index (κ1) is 16.4. The first-order chi connectivity index (χ1) is 11.6. The van der Waals surface area contributed by atoms with Crippen molar-refractivity contribution in [2.45, 2.75) is 13.0 Å². The van der Waals surface area contributed by atoms with Gasteiger partial charge in [-0.1, -0.05) is 36.5 Å². The van der Waals surface area contributed by atoms with Crippen molar-refractivity contribution < 1.29 is 9.21 Å². The molecule has 0 bridgehead atoms. The molecular formula is C18H19N3O2S. The van der Waals surface area contributed by atoms with Crippen LogP contribution >= 0.6 is 11.8 Å². The fourth-order valence-corrected chi connectivity index (χ4v) is 3.25. The van der Waals surface area contributed by atoms with Crippen LogP contribution in [0.5, 0.6) is 0 Å². The van der Waals surface area contributed by atoms with Crippen molar-refractivity contribution in [3.8, 4) is 0 Å². The van der Waals surface area contributed by atoms with Crippen molar-refractivity contribution in [1.29, 1.82) is 0 Å². The van der Waals surface area contributed by atoms with E-state index in [2.05, 4.69) is 16.9 Å². The number of hydrogen-bond acceptors (Lipinski definition) is 5. The Balaban J connectivity index is 1.63.